The van der Waals surface area contributed by atoms with Crippen LogP contribution in [0.4, 0.5) is 0 Å². The van der Waals surface area contributed by atoms with Gasteiger partial charge in [-0.1, -0.05) is 38.3 Å². The third kappa shape index (κ3) is 6.11. The number of ether oxygens (including phenoxy) is 1. The highest BCUT2D eigenvalue weighted by Crippen LogP contribution is 2.19. The van der Waals surface area contributed by atoms with Crippen molar-refractivity contribution in [3.05, 3.63) is 29.8 Å². The standard InChI is InChI=1S/C17H29NO/c1-5-6-7-8-9-14(2)19-17-12-10-16(11-13-17)15(3)18-4/h10-15,18H,5-9H2,1-4H3. The first-order chi connectivity index (χ1) is 9.17. The van der Waals surface area contributed by atoms with Gasteiger partial charge >= 0.3 is 0 Å². The van der Waals surface area contributed by atoms with Gasteiger partial charge in [0, 0.05) is 6.04 Å². The summed E-state index contributed by atoms with van der Waals surface area (Å²) in [6.45, 7) is 6.57. The van der Waals surface area contributed by atoms with Gasteiger partial charge in [0.25, 0.3) is 0 Å². The fraction of sp³-hybridized carbons (Fsp3) is 0.647. The summed E-state index contributed by atoms with van der Waals surface area (Å²) in [7, 11) is 1.98. The van der Waals surface area contributed by atoms with Crippen molar-refractivity contribution in [2.45, 2.75) is 65.0 Å². The molecule has 19 heavy (non-hydrogen) atoms. The smallest absolute Gasteiger partial charge is 0.119 e. The average molecular weight is 263 g/mol. The molecule has 0 spiro atoms. The van der Waals surface area contributed by atoms with Crippen LogP contribution in [0.1, 0.15) is 64.5 Å². The Morgan fingerprint density at radius 1 is 1.05 bits per heavy atom. The molecular formula is C17H29NO. The van der Waals surface area contributed by atoms with Gasteiger partial charge in [0.15, 0.2) is 0 Å². The molecule has 0 bridgehead atoms. The second-order valence-corrected chi connectivity index (χ2v) is 5.36. The zero-order valence-electron chi connectivity index (χ0n) is 12.9. The van der Waals surface area contributed by atoms with Crippen LogP contribution in [0.15, 0.2) is 24.3 Å². The van der Waals surface area contributed by atoms with Crippen LogP contribution in [0.5, 0.6) is 5.75 Å². The van der Waals surface area contributed by atoms with E-state index in [1.807, 2.05) is 7.05 Å². The Hall–Kier alpha value is -1.02. The second-order valence-electron chi connectivity index (χ2n) is 5.36. The van der Waals surface area contributed by atoms with E-state index in [0.717, 1.165) is 12.2 Å². The molecule has 2 nitrogen and oxygen atoms in total. The highest BCUT2D eigenvalue weighted by atomic mass is 16.5. The van der Waals surface area contributed by atoms with Crippen molar-refractivity contribution in [1.29, 1.82) is 0 Å². The van der Waals surface area contributed by atoms with Gasteiger partial charge in [-0.25, -0.2) is 0 Å². The molecule has 0 heterocycles. The van der Waals surface area contributed by atoms with Crippen LogP contribution in [0, 0.1) is 0 Å². The van der Waals surface area contributed by atoms with Crippen molar-refractivity contribution in [1.82, 2.24) is 5.32 Å². The molecule has 1 aromatic rings. The van der Waals surface area contributed by atoms with Gasteiger partial charge in [0.2, 0.25) is 0 Å². The van der Waals surface area contributed by atoms with Crippen molar-refractivity contribution in [3.8, 4) is 5.75 Å². The molecule has 1 aromatic carbocycles. The van der Waals surface area contributed by atoms with Gasteiger partial charge in [0.05, 0.1) is 6.10 Å². The summed E-state index contributed by atoms with van der Waals surface area (Å²) < 4.78 is 5.94. The maximum atomic E-state index is 5.94. The van der Waals surface area contributed by atoms with E-state index in [0.29, 0.717) is 12.1 Å². The predicted molar refractivity (Wildman–Crippen MR) is 82.8 cm³/mol. The summed E-state index contributed by atoms with van der Waals surface area (Å²) in [5.74, 6) is 0.982. The minimum Gasteiger partial charge on any atom is -0.491 e. The van der Waals surface area contributed by atoms with Gasteiger partial charge < -0.3 is 10.1 Å². The lowest BCUT2D eigenvalue weighted by Gasteiger charge is -2.16. The van der Waals surface area contributed by atoms with Gasteiger partial charge in [-0.05, 0) is 51.4 Å². The highest BCUT2D eigenvalue weighted by molar-refractivity contribution is 5.29. The molecule has 0 fully saturated rings. The molecule has 0 aliphatic carbocycles. The molecule has 0 aromatic heterocycles. The van der Waals surface area contributed by atoms with Gasteiger partial charge in [-0.3, -0.25) is 0 Å². The molecule has 0 saturated heterocycles. The number of rotatable bonds is 9. The number of benzene rings is 1. The first-order valence-electron chi connectivity index (χ1n) is 7.61. The Morgan fingerprint density at radius 3 is 2.32 bits per heavy atom. The van der Waals surface area contributed by atoms with Crippen molar-refractivity contribution >= 4 is 0 Å². The minimum atomic E-state index is 0.310. The van der Waals surface area contributed by atoms with E-state index in [1.165, 1.54) is 31.2 Å². The normalized spacial score (nSPS) is 14.1. The van der Waals surface area contributed by atoms with Crippen LogP contribution in [0.25, 0.3) is 0 Å². The molecule has 2 unspecified atom stereocenters. The molecule has 0 radical (unpaired) electrons. The zero-order chi connectivity index (χ0) is 14.1. The molecule has 2 atom stereocenters. The van der Waals surface area contributed by atoms with Gasteiger partial charge in [-0.2, -0.15) is 0 Å². The molecule has 0 amide bonds. The zero-order valence-corrected chi connectivity index (χ0v) is 12.9. The summed E-state index contributed by atoms with van der Waals surface area (Å²) in [6, 6.07) is 8.82. The summed E-state index contributed by atoms with van der Waals surface area (Å²) >= 11 is 0. The lowest BCUT2D eigenvalue weighted by atomic mass is 10.1. The number of hydrogen-bond acceptors (Lipinski definition) is 2. The largest absolute Gasteiger partial charge is 0.491 e. The topological polar surface area (TPSA) is 21.3 Å². The van der Waals surface area contributed by atoms with Crippen LogP contribution >= 0.6 is 0 Å². The molecule has 1 N–H and O–H groups in total. The average Bonchev–Trinajstić information content (AvgIpc) is 2.43. The number of nitrogens with one attached hydrogen (secondary N) is 1. The van der Waals surface area contributed by atoms with Crippen LogP contribution in [-0.4, -0.2) is 13.2 Å². The fourth-order valence-corrected chi connectivity index (χ4v) is 2.15. The predicted octanol–water partition coefficient (Wildman–Crippen LogP) is 4.70. The van der Waals surface area contributed by atoms with E-state index in [2.05, 4.69) is 50.4 Å². The van der Waals surface area contributed by atoms with Crippen molar-refractivity contribution < 1.29 is 4.74 Å². The van der Waals surface area contributed by atoms with Gasteiger partial charge in [-0.15, -0.1) is 0 Å². The van der Waals surface area contributed by atoms with E-state index in [9.17, 15) is 0 Å². The molecule has 0 saturated carbocycles. The van der Waals surface area contributed by atoms with E-state index < -0.39 is 0 Å². The third-order valence-electron chi connectivity index (χ3n) is 3.61. The van der Waals surface area contributed by atoms with Crippen LogP contribution in [0.3, 0.4) is 0 Å². The highest BCUT2D eigenvalue weighted by Gasteiger charge is 2.05. The summed E-state index contributed by atoms with van der Waals surface area (Å²) in [4.78, 5) is 0. The van der Waals surface area contributed by atoms with E-state index in [-0.39, 0.29) is 0 Å². The number of unbranched alkanes of at least 4 members (excludes halogenated alkanes) is 3. The maximum Gasteiger partial charge on any atom is 0.119 e. The summed E-state index contributed by atoms with van der Waals surface area (Å²) in [5.41, 5.74) is 1.30. The van der Waals surface area contributed by atoms with Crippen molar-refractivity contribution in [2.24, 2.45) is 0 Å². The van der Waals surface area contributed by atoms with Crippen LogP contribution in [0.2, 0.25) is 0 Å². The van der Waals surface area contributed by atoms with Crippen LogP contribution in [-0.2, 0) is 0 Å². The quantitative estimate of drug-likeness (QED) is 0.652. The minimum absolute atomic E-state index is 0.310. The SMILES string of the molecule is CCCCCCC(C)Oc1ccc(C(C)NC)cc1. The Labute approximate surface area is 118 Å². The molecule has 0 aliphatic rings. The Morgan fingerprint density at radius 2 is 1.74 bits per heavy atom. The first-order valence-corrected chi connectivity index (χ1v) is 7.61. The Kier molecular flexibility index (Phi) is 7.57. The van der Waals surface area contributed by atoms with E-state index in [4.69, 9.17) is 4.74 Å². The molecular weight excluding hydrogens is 234 g/mol. The molecule has 1 rings (SSSR count). The maximum absolute atomic E-state index is 5.94. The van der Waals surface area contributed by atoms with Crippen molar-refractivity contribution in [2.75, 3.05) is 7.05 Å². The molecule has 108 valence electrons. The second kappa shape index (κ2) is 8.98. The third-order valence-corrected chi connectivity index (χ3v) is 3.61. The fourth-order valence-electron chi connectivity index (χ4n) is 2.15. The molecule has 2 heteroatoms. The van der Waals surface area contributed by atoms with E-state index in [1.54, 1.807) is 0 Å². The lowest BCUT2D eigenvalue weighted by Crippen LogP contribution is -2.13. The summed E-state index contributed by atoms with van der Waals surface area (Å²) in [6.07, 6.45) is 6.68. The summed E-state index contributed by atoms with van der Waals surface area (Å²) in [5, 5.41) is 3.24. The first kappa shape index (κ1) is 16.0. The van der Waals surface area contributed by atoms with Crippen LogP contribution < -0.4 is 10.1 Å². The Bertz CT molecular complexity index is 334. The molecule has 0 aliphatic heterocycles. The Balaban J connectivity index is 2.36. The lowest BCUT2D eigenvalue weighted by molar-refractivity contribution is 0.206. The van der Waals surface area contributed by atoms with E-state index >= 15 is 0 Å². The van der Waals surface area contributed by atoms with Crippen molar-refractivity contribution in [3.63, 3.8) is 0 Å². The van der Waals surface area contributed by atoms with Gasteiger partial charge in [0.1, 0.15) is 5.75 Å². The number of hydrogen-bond donors (Lipinski definition) is 1. The monoisotopic (exact) mass is 263 g/mol.